The number of nitrogens with zero attached hydrogens (tertiary/aromatic N) is 1. The molecule has 0 heterocycles. The molecule has 10 heteroatoms. The molecule has 164 valence electrons. The van der Waals surface area contributed by atoms with Gasteiger partial charge in [0.15, 0.2) is 0 Å². The predicted octanol–water partition coefficient (Wildman–Crippen LogP) is 3.96. The number of hydrogen-bond donors (Lipinski definition) is 2. The Bertz CT molecular complexity index is 859. The fourth-order valence-corrected chi connectivity index (χ4v) is 3.55. The van der Waals surface area contributed by atoms with Crippen LogP contribution in [0.25, 0.3) is 0 Å². The van der Waals surface area contributed by atoms with Crippen molar-refractivity contribution in [2.24, 2.45) is 5.92 Å². The number of carbonyl (C=O) groups excluding carboxylic acids is 1. The van der Waals surface area contributed by atoms with Crippen LogP contribution in [-0.2, 0) is 20.3 Å². The van der Waals surface area contributed by atoms with E-state index in [9.17, 15) is 33.9 Å². The summed E-state index contributed by atoms with van der Waals surface area (Å²) in [5.74, 6) is -7.78. The van der Waals surface area contributed by atoms with Crippen molar-refractivity contribution in [1.29, 1.82) is 0 Å². The van der Waals surface area contributed by atoms with Gasteiger partial charge >= 0.3 is 11.9 Å². The van der Waals surface area contributed by atoms with Gasteiger partial charge < -0.3 is 19.8 Å². The molecule has 0 fully saturated rings. The molecule has 30 heavy (non-hydrogen) atoms. The Morgan fingerprint density at radius 3 is 2.47 bits per heavy atom. The standard InChI is InChI=1S/C20H23F2NO7/c1-11(2)14-5-4-12(3)8-15(14)18-16(24)9-13(10-17(18)25)20(21,22)19(26)29-6-7-30-23(27)28/h4,9-10,14-15,24-25H,1,5-8H2,2-3H3/t14-,15+/m0/s1. The molecule has 8 nitrogen and oxygen atoms in total. The number of esters is 1. The maximum absolute atomic E-state index is 14.4. The molecule has 1 aliphatic carbocycles. The number of halogens is 2. The maximum atomic E-state index is 14.4. The highest BCUT2D eigenvalue weighted by Gasteiger charge is 2.44. The summed E-state index contributed by atoms with van der Waals surface area (Å²) in [6, 6.07) is 1.43. The van der Waals surface area contributed by atoms with E-state index in [-0.39, 0.29) is 17.4 Å². The molecule has 0 saturated carbocycles. The first-order chi connectivity index (χ1) is 13.9. The van der Waals surface area contributed by atoms with Crippen LogP contribution in [0.1, 0.15) is 43.7 Å². The topological polar surface area (TPSA) is 119 Å². The van der Waals surface area contributed by atoms with Crippen LogP contribution in [0.3, 0.4) is 0 Å². The molecule has 2 atom stereocenters. The molecule has 2 rings (SSSR count). The zero-order valence-corrected chi connectivity index (χ0v) is 16.6. The highest BCUT2D eigenvalue weighted by molar-refractivity contribution is 5.80. The van der Waals surface area contributed by atoms with Gasteiger partial charge in [-0.1, -0.05) is 23.8 Å². The van der Waals surface area contributed by atoms with E-state index >= 15 is 0 Å². The van der Waals surface area contributed by atoms with Gasteiger partial charge in [0.2, 0.25) is 0 Å². The van der Waals surface area contributed by atoms with E-state index in [0.29, 0.717) is 25.0 Å². The Balaban J connectivity index is 2.28. The summed E-state index contributed by atoms with van der Waals surface area (Å²) < 4.78 is 33.2. The number of hydrogen-bond acceptors (Lipinski definition) is 7. The van der Waals surface area contributed by atoms with E-state index in [4.69, 9.17) is 0 Å². The van der Waals surface area contributed by atoms with E-state index in [1.54, 1.807) is 0 Å². The molecule has 0 aromatic heterocycles. The Morgan fingerprint density at radius 2 is 1.93 bits per heavy atom. The third-order valence-corrected chi connectivity index (χ3v) is 5.02. The summed E-state index contributed by atoms with van der Waals surface area (Å²) in [5.41, 5.74) is 1.02. The average molecular weight is 427 g/mol. The molecular weight excluding hydrogens is 404 g/mol. The summed E-state index contributed by atoms with van der Waals surface area (Å²) in [7, 11) is 0. The molecule has 1 aromatic carbocycles. The van der Waals surface area contributed by atoms with Gasteiger partial charge in [-0.2, -0.15) is 8.78 Å². The van der Waals surface area contributed by atoms with Crippen molar-refractivity contribution < 1.29 is 38.4 Å². The van der Waals surface area contributed by atoms with Crippen molar-refractivity contribution in [3.63, 3.8) is 0 Å². The van der Waals surface area contributed by atoms with E-state index in [1.807, 2.05) is 19.9 Å². The molecule has 0 spiro atoms. The predicted molar refractivity (Wildman–Crippen MR) is 102 cm³/mol. The average Bonchev–Trinajstić information content (AvgIpc) is 2.64. The first kappa shape index (κ1) is 23.1. The molecule has 0 amide bonds. The van der Waals surface area contributed by atoms with Gasteiger partial charge in [0.1, 0.15) is 24.7 Å². The zero-order valence-electron chi connectivity index (χ0n) is 16.6. The van der Waals surface area contributed by atoms with Crippen molar-refractivity contribution in [2.45, 2.75) is 38.5 Å². The minimum Gasteiger partial charge on any atom is -0.508 e. The van der Waals surface area contributed by atoms with E-state index < -0.39 is 47.3 Å². The molecule has 0 bridgehead atoms. The van der Waals surface area contributed by atoms with Crippen LogP contribution in [0.15, 0.2) is 35.9 Å². The molecule has 0 unspecified atom stereocenters. The number of ether oxygens (including phenoxy) is 1. The van der Waals surface area contributed by atoms with Crippen LogP contribution in [-0.4, -0.2) is 34.5 Å². The number of carbonyl (C=O) groups is 1. The van der Waals surface area contributed by atoms with Crippen LogP contribution in [0.5, 0.6) is 11.5 Å². The van der Waals surface area contributed by atoms with Crippen molar-refractivity contribution >= 4 is 5.97 Å². The number of phenolic OH excluding ortho intramolecular Hbond substituents is 2. The summed E-state index contributed by atoms with van der Waals surface area (Å²) in [4.78, 5) is 25.6. The summed E-state index contributed by atoms with van der Waals surface area (Å²) in [6.45, 7) is 6.19. The molecular formula is C20H23F2NO7. The second kappa shape index (κ2) is 9.10. The SMILES string of the molecule is C=C(C)[C@@H]1CC=C(C)C[C@H]1c1c(O)cc(C(F)(F)C(=O)OCCO[N+](=O)[O-])cc1O. The molecule has 0 saturated heterocycles. The van der Waals surface area contributed by atoms with Crippen molar-refractivity contribution in [2.75, 3.05) is 13.2 Å². The van der Waals surface area contributed by atoms with Crippen molar-refractivity contribution in [1.82, 2.24) is 0 Å². The normalized spacial score (nSPS) is 19.0. The smallest absolute Gasteiger partial charge is 0.382 e. The molecule has 0 radical (unpaired) electrons. The summed E-state index contributed by atoms with van der Waals surface area (Å²) >= 11 is 0. The van der Waals surface area contributed by atoms with Gasteiger partial charge in [0, 0.05) is 17.0 Å². The number of allylic oxidation sites excluding steroid dienone is 3. The number of aromatic hydroxyl groups is 2. The van der Waals surface area contributed by atoms with E-state index in [1.165, 1.54) is 0 Å². The fourth-order valence-electron chi connectivity index (χ4n) is 3.55. The van der Waals surface area contributed by atoms with E-state index in [0.717, 1.165) is 11.1 Å². The van der Waals surface area contributed by atoms with Gasteiger partial charge in [0.25, 0.3) is 5.09 Å². The lowest BCUT2D eigenvalue weighted by atomic mass is 9.72. The minimum absolute atomic E-state index is 0.0941. The lowest BCUT2D eigenvalue weighted by Crippen LogP contribution is -2.29. The monoisotopic (exact) mass is 427 g/mol. The summed E-state index contributed by atoms with van der Waals surface area (Å²) in [6.07, 6.45) is 3.18. The van der Waals surface area contributed by atoms with Crippen molar-refractivity contribution in [3.8, 4) is 11.5 Å². The first-order valence-electron chi connectivity index (χ1n) is 9.14. The minimum atomic E-state index is -4.20. The molecule has 1 aromatic rings. The number of benzene rings is 1. The quantitative estimate of drug-likeness (QED) is 0.212. The van der Waals surface area contributed by atoms with Gasteiger partial charge in [0.05, 0.1) is 0 Å². The maximum Gasteiger partial charge on any atom is 0.382 e. The van der Waals surface area contributed by atoms with Crippen LogP contribution in [0.2, 0.25) is 0 Å². The molecule has 0 aliphatic heterocycles. The fraction of sp³-hybridized carbons (Fsp3) is 0.450. The third kappa shape index (κ3) is 5.05. The van der Waals surface area contributed by atoms with Crippen LogP contribution in [0.4, 0.5) is 8.78 Å². The highest BCUT2D eigenvalue weighted by Crippen LogP contribution is 2.48. The largest absolute Gasteiger partial charge is 0.508 e. The van der Waals surface area contributed by atoms with Crippen LogP contribution in [0, 0.1) is 16.0 Å². The Hall–Kier alpha value is -3.17. The van der Waals surface area contributed by atoms with Crippen molar-refractivity contribution in [3.05, 3.63) is 57.2 Å². The number of alkyl halides is 2. The lowest BCUT2D eigenvalue weighted by molar-refractivity contribution is -0.757. The van der Waals surface area contributed by atoms with Gasteiger partial charge in [-0.3, -0.25) is 0 Å². The molecule has 2 N–H and O–H groups in total. The highest BCUT2D eigenvalue weighted by atomic mass is 19.3. The molecule has 1 aliphatic rings. The Morgan fingerprint density at radius 1 is 1.33 bits per heavy atom. The van der Waals surface area contributed by atoms with Gasteiger partial charge in [-0.15, -0.1) is 10.1 Å². The van der Waals surface area contributed by atoms with Crippen LogP contribution < -0.4 is 0 Å². The second-order valence-corrected chi connectivity index (χ2v) is 7.24. The lowest BCUT2D eigenvalue weighted by Gasteiger charge is -2.32. The zero-order chi connectivity index (χ0) is 22.6. The van der Waals surface area contributed by atoms with E-state index in [2.05, 4.69) is 16.2 Å². The number of phenols is 2. The summed E-state index contributed by atoms with van der Waals surface area (Å²) in [5, 5.41) is 29.7. The third-order valence-electron chi connectivity index (χ3n) is 5.02. The van der Waals surface area contributed by atoms with Gasteiger partial charge in [-0.25, -0.2) is 4.79 Å². The van der Waals surface area contributed by atoms with Crippen LogP contribution >= 0.6 is 0 Å². The second-order valence-electron chi connectivity index (χ2n) is 7.24. The Kier molecular flexibility index (Phi) is 7.01. The Labute approximate surface area is 171 Å². The van der Waals surface area contributed by atoms with Gasteiger partial charge in [-0.05, 0) is 44.7 Å². The number of rotatable bonds is 8. The first-order valence-corrected chi connectivity index (χ1v) is 9.14.